The summed E-state index contributed by atoms with van der Waals surface area (Å²) in [6.45, 7) is 1.82. The van der Waals surface area contributed by atoms with Gasteiger partial charge in [-0.25, -0.2) is 4.39 Å². The number of para-hydroxylation sites is 1. The highest BCUT2D eigenvalue weighted by Gasteiger charge is 2.25. The van der Waals surface area contributed by atoms with Crippen molar-refractivity contribution in [3.8, 4) is 0 Å². The lowest BCUT2D eigenvalue weighted by molar-refractivity contribution is -0.130. The van der Waals surface area contributed by atoms with Gasteiger partial charge >= 0.3 is 0 Å². The van der Waals surface area contributed by atoms with Gasteiger partial charge in [0.05, 0.1) is 18.5 Å². The molecule has 1 fully saturated rings. The average molecular weight is 331 g/mol. The van der Waals surface area contributed by atoms with Crippen LogP contribution < -0.4 is 5.32 Å². The summed E-state index contributed by atoms with van der Waals surface area (Å²) in [5, 5.41) is 2.80. The molecule has 1 saturated heterocycles. The number of halogens is 1. The Hall–Kier alpha value is -2.83. The lowest BCUT2D eigenvalue weighted by atomic mass is 10.2. The van der Waals surface area contributed by atoms with Crippen molar-refractivity contribution in [2.75, 3.05) is 38.0 Å². The largest absolute Gasteiger partial charge is 0.459 e. The maximum absolute atomic E-state index is 13.5. The highest BCUT2D eigenvalue weighted by molar-refractivity contribution is 5.91. The second-order valence-electron chi connectivity index (χ2n) is 5.48. The maximum atomic E-state index is 13.5. The van der Waals surface area contributed by atoms with Crippen LogP contribution in [-0.2, 0) is 4.79 Å². The monoisotopic (exact) mass is 331 g/mol. The summed E-state index contributed by atoms with van der Waals surface area (Å²) >= 11 is 0. The molecule has 0 aliphatic carbocycles. The van der Waals surface area contributed by atoms with Crippen LogP contribution in [0.2, 0.25) is 0 Å². The van der Waals surface area contributed by atoms with E-state index in [1.807, 2.05) is 0 Å². The van der Waals surface area contributed by atoms with E-state index < -0.39 is 0 Å². The van der Waals surface area contributed by atoms with Crippen molar-refractivity contribution in [1.29, 1.82) is 0 Å². The topological polar surface area (TPSA) is 65.8 Å². The zero-order valence-corrected chi connectivity index (χ0v) is 13.1. The fourth-order valence-corrected chi connectivity index (χ4v) is 2.60. The summed E-state index contributed by atoms with van der Waals surface area (Å²) < 4.78 is 18.6. The molecule has 126 valence electrons. The Morgan fingerprint density at radius 2 is 1.75 bits per heavy atom. The number of hydrogen-bond acceptors (Lipinski definition) is 4. The summed E-state index contributed by atoms with van der Waals surface area (Å²) in [6.07, 6.45) is 1.46. The first-order valence-electron chi connectivity index (χ1n) is 7.74. The maximum Gasteiger partial charge on any atom is 0.289 e. The molecule has 1 aliphatic heterocycles. The summed E-state index contributed by atoms with van der Waals surface area (Å²) in [5.74, 6) is -0.380. The first kappa shape index (κ1) is 16.0. The van der Waals surface area contributed by atoms with E-state index in [4.69, 9.17) is 4.42 Å². The van der Waals surface area contributed by atoms with Crippen LogP contribution in [0.3, 0.4) is 0 Å². The van der Waals surface area contributed by atoms with Gasteiger partial charge in [-0.3, -0.25) is 9.59 Å². The van der Waals surface area contributed by atoms with Gasteiger partial charge in [-0.05, 0) is 24.3 Å². The Balaban J connectivity index is 1.48. The summed E-state index contributed by atoms with van der Waals surface area (Å²) in [4.78, 5) is 27.7. The first-order valence-corrected chi connectivity index (χ1v) is 7.74. The van der Waals surface area contributed by atoms with Crippen LogP contribution in [0.25, 0.3) is 0 Å². The number of amides is 2. The van der Waals surface area contributed by atoms with E-state index in [1.54, 1.807) is 40.1 Å². The Morgan fingerprint density at radius 1 is 1.04 bits per heavy atom. The number of carbonyl (C=O) groups excluding carboxylic acids is 2. The summed E-state index contributed by atoms with van der Waals surface area (Å²) in [5.41, 5.74) is 0.303. The molecule has 0 saturated carbocycles. The van der Waals surface area contributed by atoms with Gasteiger partial charge in [0, 0.05) is 26.2 Å². The van der Waals surface area contributed by atoms with Crippen molar-refractivity contribution in [3.63, 3.8) is 0 Å². The number of anilines is 1. The molecule has 0 radical (unpaired) electrons. The molecule has 0 unspecified atom stereocenters. The average Bonchev–Trinajstić information content (AvgIpc) is 3.15. The van der Waals surface area contributed by atoms with Crippen molar-refractivity contribution in [3.05, 3.63) is 54.2 Å². The minimum absolute atomic E-state index is 0.0209. The highest BCUT2D eigenvalue weighted by atomic mass is 19.1. The number of nitrogens with zero attached hydrogens (tertiary/aromatic N) is 2. The van der Waals surface area contributed by atoms with Gasteiger partial charge in [-0.2, -0.15) is 0 Å². The van der Waals surface area contributed by atoms with Crippen molar-refractivity contribution in [1.82, 2.24) is 9.80 Å². The molecule has 2 amide bonds. The number of nitrogens with one attached hydrogen (secondary N) is 1. The Labute approximate surface area is 138 Å². The smallest absolute Gasteiger partial charge is 0.289 e. The molecule has 1 aromatic carbocycles. The number of benzene rings is 1. The quantitative estimate of drug-likeness (QED) is 0.928. The van der Waals surface area contributed by atoms with E-state index >= 15 is 0 Å². The van der Waals surface area contributed by atoms with E-state index in [2.05, 4.69) is 5.32 Å². The molecule has 0 bridgehead atoms. The SMILES string of the molecule is O=C(CNc1ccccc1F)N1CCN(C(=O)c2ccco2)CC1. The fourth-order valence-electron chi connectivity index (χ4n) is 2.60. The van der Waals surface area contributed by atoms with Crippen LogP contribution in [-0.4, -0.2) is 54.3 Å². The number of carbonyl (C=O) groups is 2. The Kier molecular flexibility index (Phi) is 4.79. The summed E-state index contributed by atoms with van der Waals surface area (Å²) in [6, 6.07) is 9.51. The molecule has 1 N–H and O–H groups in total. The number of rotatable bonds is 4. The van der Waals surface area contributed by atoms with Crippen molar-refractivity contribution in [2.45, 2.75) is 0 Å². The molecule has 3 rings (SSSR count). The first-order chi connectivity index (χ1) is 11.6. The van der Waals surface area contributed by atoms with Gasteiger partial charge in [-0.1, -0.05) is 12.1 Å². The predicted octanol–water partition coefficient (Wildman–Crippen LogP) is 1.82. The van der Waals surface area contributed by atoms with Gasteiger partial charge < -0.3 is 19.5 Å². The highest BCUT2D eigenvalue weighted by Crippen LogP contribution is 2.13. The van der Waals surface area contributed by atoms with Crippen LogP contribution in [0.5, 0.6) is 0 Å². The lowest BCUT2D eigenvalue weighted by Crippen LogP contribution is -2.51. The molecule has 0 spiro atoms. The summed E-state index contributed by atoms with van der Waals surface area (Å²) in [7, 11) is 0. The molecule has 2 aromatic rings. The van der Waals surface area contributed by atoms with Crippen LogP contribution >= 0.6 is 0 Å². The Bertz CT molecular complexity index is 710. The zero-order valence-electron chi connectivity index (χ0n) is 13.1. The molecule has 7 heteroatoms. The van der Waals surface area contributed by atoms with Crippen LogP contribution in [0.4, 0.5) is 10.1 Å². The normalized spacial score (nSPS) is 14.5. The molecule has 1 aliphatic rings. The van der Waals surface area contributed by atoms with Crippen LogP contribution in [0.15, 0.2) is 47.1 Å². The number of piperazine rings is 1. The lowest BCUT2D eigenvalue weighted by Gasteiger charge is -2.34. The fraction of sp³-hybridized carbons (Fsp3) is 0.294. The van der Waals surface area contributed by atoms with Gasteiger partial charge in [-0.15, -0.1) is 0 Å². The predicted molar refractivity (Wildman–Crippen MR) is 86.1 cm³/mol. The zero-order chi connectivity index (χ0) is 16.9. The molecule has 1 aromatic heterocycles. The third-order valence-corrected chi connectivity index (χ3v) is 3.96. The van der Waals surface area contributed by atoms with E-state index in [1.165, 1.54) is 12.3 Å². The number of furan rings is 1. The molecule has 2 heterocycles. The minimum atomic E-state index is -0.390. The van der Waals surface area contributed by atoms with Gasteiger partial charge in [0.1, 0.15) is 5.82 Å². The van der Waals surface area contributed by atoms with E-state index in [0.29, 0.717) is 37.6 Å². The van der Waals surface area contributed by atoms with Crippen LogP contribution in [0, 0.1) is 5.82 Å². The molecule has 24 heavy (non-hydrogen) atoms. The van der Waals surface area contributed by atoms with Crippen molar-refractivity contribution >= 4 is 17.5 Å². The molecule has 0 atom stereocenters. The number of hydrogen-bond donors (Lipinski definition) is 1. The van der Waals surface area contributed by atoms with Crippen molar-refractivity contribution < 1.29 is 18.4 Å². The third-order valence-electron chi connectivity index (χ3n) is 3.96. The van der Waals surface area contributed by atoms with Crippen LogP contribution in [0.1, 0.15) is 10.6 Å². The molecular formula is C17H18FN3O3. The standard InChI is InChI=1S/C17H18FN3O3/c18-13-4-1-2-5-14(13)19-12-16(22)20-7-9-21(10-8-20)17(23)15-6-3-11-24-15/h1-6,11,19H,7-10,12H2. The van der Waals surface area contributed by atoms with Gasteiger partial charge in [0.2, 0.25) is 5.91 Å². The van der Waals surface area contributed by atoms with Gasteiger partial charge in [0.15, 0.2) is 5.76 Å². The molecular weight excluding hydrogens is 313 g/mol. The second-order valence-corrected chi connectivity index (χ2v) is 5.48. The van der Waals surface area contributed by atoms with Crippen molar-refractivity contribution in [2.24, 2.45) is 0 Å². The van der Waals surface area contributed by atoms with E-state index in [9.17, 15) is 14.0 Å². The van der Waals surface area contributed by atoms with E-state index in [0.717, 1.165) is 0 Å². The molecule has 6 nitrogen and oxygen atoms in total. The van der Waals surface area contributed by atoms with E-state index in [-0.39, 0.29) is 24.2 Å². The second kappa shape index (κ2) is 7.16. The minimum Gasteiger partial charge on any atom is -0.459 e. The Morgan fingerprint density at radius 3 is 2.42 bits per heavy atom. The van der Waals surface area contributed by atoms with Gasteiger partial charge in [0.25, 0.3) is 5.91 Å². The third kappa shape index (κ3) is 3.56.